The van der Waals surface area contributed by atoms with Crippen molar-refractivity contribution in [3.63, 3.8) is 0 Å². The van der Waals surface area contributed by atoms with Gasteiger partial charge in [0.2, 0.25) is 0 Å². The van der Waals surface area contributed by atoms with Crippen molar-refractivity contribution in [3.05, 3.63) is 44.6 Å². The molecule has 2 aromatic rings. The molecule has 0 aliphatic heterocycles. The van der Waals surface area contributed by atoms with Crippen molar-refractivity contribution < 1.29 is 4.92 Å². The molecule has 0 unspecified atom stereocenters. The maximum Gasteiger partial charge on any atom is 0.271 e. The Morgan fingerprint density at radius 1 is 1.28 bits per heavy atom. The van der Waals surface area contributed by atoms with E-state index in [9.17, 15) is 10.1 Å². The third-order valence-electron chi connectivity index (χ3n) is 3.39. The number of aryl methyl sites for hydroxylation is 1. The van der Waals surface area contributed by atoms with Crippen molar-refractivity contribution in [2.75, 3.05) is 0 Å². The summed E-state index contributed by atoms with van der Waals surface area (Å²) in [4.78, 5) is 14.9. The van der Waals surface area contributed by atoms with E-state index in [1.54, 1.807) is 6.07 Å². The first-order valence-corrected chi connectivity index (χ1v) is 6.30. The first-order chi connectivity index (χ1) is 8.66. The van der Waals surface area contributed by atoms with E-state index >= 15 is 0 Å². The van der Waals surface area contributed by atoms with Crippen molar-refractivity contribution in [1.82, 2.24) is 4.98 Å². The van der Waals surface area contributed by atoms with Crippen molar-refractivity contribution in [2.45, 2.75) is 25.7 Å². The van der Waals surface area contributed by atoms with Gasteiger partial charge in [0.25, 0.3) is 5.69 Å². The summed E-state index contributed by atoms with van der Waals surface area (Å²) >= 11 is 6.38. The van der Waals surface area contributed by atoms with Gasteiger partial charge >= 0.3 is 0 Å². The number of non-ortho nitro benzene ring substituents is 1. The van der Waals surface area contributed by atoms with E-state index in [1.807, 2.05) is 0 Å². The molecule has 0 radical (unpaired) electrons. The van der Waals surface area contributed by atoms with E-state index in [0.717, 1.165) is 42.3 Å². The number of rotatable bonds is 1. The fourth-order valence-corrected chi connectivity index (χ4v) is 2.83. The smallest absolute Gasteiger partial charge is 0.258 e. The van der Waals surface area contributed by atoms with Gasteiger partial charge in [-0.25, -0.2) is 0 Å². The number of nitro groups is 1. The van der Waals surface area contributed by atoms with Crippen LogP contribution in [0.25, 0.3) is 10.9 Å². The zero-order chi connectivity index (χ0) is 12.7. The van der Waals surface area contributed by atoms with Crippen LogP contribution in [0.3, 0.4) is 0 Å². The topological polar surface area (TPSA) is 56.0 Å². The Kier molecular flexibility index (Phi) is 2.67. The van der Waals surface area contributed by atoms with Gasteiger partial charge in [-0.1, -0.05) is 11.6 Å². The van der Waals surface area contributed by atoms with Gasteiger partial charge in [0, 0.05) is 23.2 Å². The number of fused-ring (bicyclic) bond motifs is 2. The fourth-order valence-electron chi connectivity index (χ4n) is 2.47. The molecule has 0 amide bonds. The molecule has 1 heterocycles. The van der Waals surface area contributed by atoms with Gasteiger partial charge < -0.3 is 0 Å². The summed E-state index contributed by atoms with van der Waals surface area (Å²) in [6, 6.07) is 4.67. The van der Waals surface area contributed by atoms with E-state index in [1.165, 1.54) is 12.1 Å². The van der Waals surface area contributed by atoms with Crippen LogP contribution < -0.4 is 0 Å². The molecule has 1 aliphatic carbocycles. The number of halogens is 1. The molecule has 5 heteroatoms. The third-order valence-corrected chi connectivity index (χ3v) is 3.82. The largest absolute Gasteiger partial charge is 0.271 e. The lowest BCUT2D eigenvalue weighted by molar-refractivity contribution is -0.384. The van der Waals surface area contributed by atoms with Crippen LogP contribution in [0.5, 0.6) is 0 Å². The minimum atomic E-state index is -0.408. The van der Waals surface area contributed by atoms with Crippen LogP contribution in [0.4, 0.5) is 5.69 Å². The van der Waals surface area contributed by atoms with Gasteiger partial charge in [0.15, 0.2) is 0 Å². The summed E-state index contributed by atoms with van der Waals surface area (Å²) in [5.41, 5.74) is 2.79. The second-order valence-electron chi connectivity index (χ2n) is 4.52. The van der Waals surface area contributed by atoms with Crippen LogP contribution in [0.2, 0.25) is 5.02 Å². The molecule has 18 heavy (non-hydrogen) atoms. The standard InChI is InChI=1S/C13H11ClN2O2/c14-13-9-3-1-2-4-11(9)15-12-7-8(16(17)18)5-6-10(12)13/h5-7H,1-4H2. The molecule has 0 spiro atoms. The minimum Gasteiger partial charge on any atom is -0.258 e. The molecule has 0 bridgehead atoms. The summed E-state index contributed by atoms with van der Waals surface area (Å²) in [5.74, 6) is 0. The molecule has 3 rings (SSSR count). The zero-order valence-corrected chi connectivity index (χ0v) is 10.4. The van der Waals surface area contributed by atoms with Crippen molar-refractivity contribution in [1.29, 1.82) is 0 Å². The van der Waals surface area contributed by atoms with Crippen molar-refractivity contribution in [3.8, 4) is 0 Å². The Morgan fingerprint density at radius 3 is 2.83 bits per heavy atom. The van der Waals surface area contributed by atoms with E-state index < -0.39 is 4.92 Å². The molecular weight excluding hydrogens is 252 g/mol. The molecule has 1 aromatic heterocycles. The van der Waals surface area contributed by atoms with Crippen LogP contribution in [0.1, 0.15) is 24.1 Å². The monoisotopic (exact) mass is 262 g/mol. The average Bonchev–Trinajstić information content (AvgIpc) is 2.38. The first kappa shape index (κ1) is 11.4. The molecule has 0 atom stereocenters. The molecule has 92 valence electrons. The molecule has 0 saturated heterocycles. The highest BCUT2D eigenvalue weighted by Gasteiger charge is 2.18. The van der Waals surface area contributed by atoms with E-state index in [4.69, 9.17) is 11.6 Å². The Morgan fingerprint density at radius 2 is 2.06 bits per heavy atom. The number of pyridine rings is 1. The number of nitro benzene ring substituents is 1. The molecule has 0 N–H and O–H groups in total. The lowest BCUT2D eigenvalue weighted by atomic mass is 9.94. The van der Waals surface area contributed by atoms with Crippen LogP contribution in [-0.2, 0) is 12.8 Å². The lowest BCUT2D eigenvalue weighted by Crippen LogP contribution is -2.06. The molecule has 1 aliphatic rings. The van der Waals surface area contributed by atoms with Gasteiger partial charge in [-0.2, -0.15) is 0 Å². The van der Waals surface area contributed by atoms with Crippen LogP contribution in [0, 0.1) is 10.1 Å². The van der Waals surface area contributed by atoms with Crippen LogP contribution in [0.15, 0.2) is 18.2 Å². The minimum absolute atomic E-state index is 0.0572. The van der Waals surface area contributed by atoms with Crippen molar-refractivity contribution in [2.24, 2.45) is 0 Å². The molecule has 1 aromatic carbocycles. The van der Waals surface area contributed by atoms with Crippen LogP contribution >= 0.6 is 11.6 Å². The van der Waals surface area contributed by atoms with E-state index in [2.05, 4.69) is 4.98 Å². The zero-order valence-electron chi connectivity index (χ0n) is 9.65. The average molecular weight is 263 g/mol. The number of hydrogen-bond acceptors (Lipinski definition) is 3. The Labute approximate surface area is 109 Å². The van der Waals surface area contributed by atoms with Gasteiger partial charge in [0.05, 0.1) is 15.5 Å². The summed E-state index contributed by atoms with van der Waals surface area (Å²) in [5, 5.41) is 12.3. The highest BCUT2D eigenvalue weighted by atomic mass is 35.5. The Bertz CT molecular complexity index is 655. The van der Waals surface area contributed by atoms with Gasteiger partial charge in [-0.3, -0.25) is 15.1 Å². The highest BCUT2D eigenvalue weighted by Crippen LogP contribution is 2.33. The summed E-state index contributed by atoms with van der Waals surface area (Å²) < 4.78 is 0. The second kappa shape index (κ2) is 4.21. The maximum atomic E-state index is 10.8. The van der Waals surface area contributed by atoms with E-state index in [0.29, 0.717) is 10.5 Å². The molecule has 0 saturated carbocycles. The summed E-state index contributed by atoms with van der Waals surface area (Å²) in [6.07, 6.45) is 4.10. The maximum absolute atomic E-state index is 10.8. The van der Waals surface area contributed by atoms with Gasteiger partial charge in [-0.05, 0) is 37.3 Å². The fraction of sp³-hybridized carbons (Fsp3) is 0.308. The number of nitrogens with zero attached hydrogens (tertiary/aromatic N) is 2. The number of aromatic nitrogens is 1. The molecule has 4 nitrogen and oxygen atoms in total. The lowest BCUT2D eigenvalue weighted by Gasteiger charge is -2.17. The predicted octanol–water partition coefficient (Wildman–Crippen LogP) is 3.68. The SMILES string of the molecule is O=[N+]([O-])c1ccc2c(Cl)c3c(nc2c1)CCCC3. The van der Waals surface area contributed by atoms with E-state index in [-0.39, 0.29) is 5.69 Å². The first-order valence-electron chi connectivity index (χ1n) is 5.92. The van der Waals surface area contributed by atoms with Gasteiger partial charge in [-0.15, -0.1) is 0 Å². The summed E-state index contributed by atoms with van der Waals surface area (Å²) in [6.45, 7) is 0. The summed E-state index contributed by atoms with van der Waals surface area (Å²) in [7, 11) is 0. The number of benzene rings is 1. The van der Waals surface area contributed by atoms with Crippen LogP contribution in [-0.4, -0.2) is 9.91 Å². The van der Waals surface area contributed by atoms with Crippen molar-refractivity contribution >= 4 is 28.2 Å². The number of hydrogen-bond donors (Lipinski definition) is 0. The molecule has 0 fully saturated rings. The Hall–Kier alpha value is -1.68. The molecular formula is C13H11ClN2O2. The second-order valence-corrected chi connectivity index (χ2v) is 4.89. The normalized spacial score (nSPS) is 14.5. The highest BCUT2D eigenvalue weighted by molar-refractivity contribution is 6.36. The predicted molar refractivity (Wildman–Crippen MR) is 70.0 cm³/mol. The quantitative estimate of drug-likeness (QED) is 0.582. The third kappa shape index (κ3) is 1.73. The Balaban J connectivity index is 2.28. The van der Waals surface area contributed by atoms with Gasteiger partial charge in [0.1, 0.15) is 0 Å².